The van der Waals surface area contributed by atoms with Crippen molar-refractivity contribution < 1.29 is 29.6 Å². The standard InChI is InChI=1S/C15H21NO6/c1-15(2,3)22-14(21)16-7-12(19)13(20)9-4-5-11(18)10(6-9)8-17/h4-6,8,12-13,18-20H,7H2,1-3H3,(H,16,21). The van der Waals surface area contributed by atoms with Crippen LogP contribution in [0, 0.1) is 0 Å². The highest BCUT2D eigenvalue weighted by molar-refractivity contribution is 5.79. The number of alkyl carbamates (subject to hydrolysis) is 1. The Kier molecular flexibility index (Phi) is 5.90. The highest BCUT2D eigenvalue weighted by Crippen LogP contribution is 2.23. The molecular weight excluding hydrogens is 290 g/mol. The maximum atomic E-state index is 11.5. The predicted octanol–water partition coefficient (Wildman–Crippen LogP) is 1.12. The second-order valence-corrected chi connectivity index (χ2v) is 5.83. The Morgan fingerprint density at radius 3 is 2.55 bits per heavy atom. The van der Waals surface area contributed by atoms with Gasteiger partial charge in [0.1, 0.15) is 23.6 Å². The van der Waals surface area contributed by atoms with E-state index in [0.717, 1.165) is 0 Å². The molecule has 2 atom stereocenters. The van der Waals surface area contributed by atoms with Crippen LogP contribution in [-0.2, 0) is 4.74 Å². The Bertz CT molecular complexity index is 537. The molecule has 0 saturated heterocycles. The van der Waals surface area contributed by atoms with Crippen LogP contribution in [0.5, 0.6) is 5.75 Å². The molecule has 7 nitrogen and oxygen atoms in total. The number of carbonyl (C=O) groups excluding carboxylic acids is 2. The van der Waals surface area contributed by atoms with Crippen LogP contribution in [0.3, 0.4) is 0 Å². The Morgan fingerprint density at radius 1 is 1.36 bits per heavy atom. The summed E-state index contributed by atoms with van der Waals surface area (Å²) in [4.78, 5) is 22.2. The molecule has 22 heavy (non-hydrogen) atoms. The number of carbonyl (C=O) groups is 2. The van der Waals surface area contributed by atoms with E-state index in [0.29, 0.717) is 6.29 Å². The van der Waals surface area contributed by atoms with Crippen LogP contribution in [0.2, 0.25) is 0 Å². The van der Waals surface area contributed by atoms with Crippen LogP contribution >= 0.6 is 0 Å². The molecule has 0 aromatic heterocycles. The Morgan fingerprint density at radius 2 is 2.00 bits per heavy atom. The third kappa shape index (κ3) is 5.34. The molecule has 0 fully saturated rings. The lowest BCUT2D eigenvalue weighted by molar-refractivity contribution is 0.0129. The summed E-state index contributed by atoms with van der Waals surface area (Å²) in [6, 6.07) is 3.89. The zero-order valence-corrected chi connectivity index (χ0v) is 12.7. The molecule has 0 aliphatic heterocycles. The van der Waals surface area contributed by atoms with Crippen LogP contribution in [-0.4, -0.2) is 45.9 Å². The number of nitrogens with one attached hydrogen (secondary N) is 1. The van der Waals surface area contributed by atoms with Crippen molar-refractivity contribution in [2.24, 2.45) is 0 Å². The Balaban J connectivity index is 2.63. The molecule has 0 aliphatic carbocycles. The van der Waals surface area contributed by atoms with Crippen molar-refractivity contribution in [3.63, 3.8) is 0 Å². The number of benzene rings is 1. The van der Waals surface area contributed by atoms with Gasteiger partial charge in [0.25, 0.3) is 0 Å². The van der Waals surface area contributed by atoms with Crippen molar-refractivity contribution in [1.29, 1.82) is 0 Å². The summed E-state index contributed by atoms with van der Waals surface area (Å²) in [6.45, 7) is 4.88. The van der Waals surface area contributed by atoms with Gasteiger partial charge in [-0.3, -0.25) is 4.79 Å². The van der Waals surface area contributed by atoms with Crippen molar-refractivity contribution >= 4 is 12.4 Å². The van der Waals surface area contributed by atoms with E-state index in [9.17, 15) is 24.9 Å². The lowest BCUT2D eigenvalue weighted by Gasteiger charge is -2.22. The lowest BCUT2D eigenvalue weighted by atomic mass is 10.0. The van der Waals surface area contributed by atoms with Gasteiger partial charge in [-0.2, -0.15) is 0 Å². The first-order valence-electron chi connectivity index (χ1n) is 6.75. The molecule has 7 heteroatoms. The van der Waals surface area contributed by atoms with Crippen molar-refractivity contribution in [2.75, 3.05) is 6.54 Å². The van der Waals surface area contributed by atoms with Gasteiger partial charge < -0.3 is 25.4 Å². The zero-order valence-electron chi connectivity index (χ0n) is 12.7. The molecular formula is C15H21NO6. The van der Waals surface area contributed by atoms with Gasteiger partial charge in [0, 0.05) is 6.54 Å². The van der Waals surface area contributed by atoms with E-state index < -0.39 is 23.9 Å². The molecule has 0 bridgehead atoms. The molecule has 0 radical (unpaired) electrons. The minimum absolute atomic E-state index is 0.00357. The number of aliphatic hydroxyl groups is 2. The van der Waals surface area contributed by atoms with E-state index in [1.165, 1.54) is 18.2 Å². The minimum Gasteiger partial charge on any atom is -0.507 e. The molecule has 1 aromatic rings. The normalized spacial score (nSPS) is 14.0. The van der Waals surface area contributed by atoms with E-state index in [1.807, 2.05) is 0 Å². The Hall–Kier alpha value is -2.12. The fourth-order valence-electron chi connectivity index (χ4n) is 1.69. The Labute approximate surface area is 128 Å². The van der Waals surface area contributed by atoms with E-state index in [-0.39, 0.29) is 23.4 Å². The summed E-state index contributed by atoms with van der Waals surface area (Å²) in [6.07, 6.45) is -2.89. The first kappa shape index (κ1) is 17.9. The number of aliphatic hydroxyl groups excluding tert-OH is 2. The van der Waals surface area contributed by atoms with Crippen LogP contribution in [0.1, 0.15) is 42.8 Å². The van der Waals surface area contributed by atoms with Gasteiger partial charge in [0.05, 0.1) is 5.56 Å². The third-order valence-electron chi connectivity index (χ3n) is 2.74. The summed E-state index contributed by atoms with van der Waals surface area (Å²) >= 11 is 0. The molecule has 0 heterocycles. The number of rotatable bonds is 5. The van der Waals surface area contributed by atoms with Crippen LogP contribution in [0.25, 0.3) is 0 Å². The van der Waals surface area contributed by atoms with Gasteiger partial charge in [0.15, 0.2) is 6.29 Å². The highest BCUT2D eigenvalue weighted by Gasteiger charge is 2.22. The number of phenols is 1. The minimum atomic E-state index is -1.32. The second-order valence-electron chi connectivity index (χ2n) is 5.83. The first-order valence-corrected chi connectivity index (χ1v) is 6.75. The molecule has 1 amide bonds. The monoisotopic (exact) mass is 311 g/mol. The van der Waals surface area contributed by atoms with Crippen LogP contribution < -0.4 is 5.32 Å². The predicted molar refractivity (Wildman–Crippen MR) is 78.7 cm³/mol. The topological polar surface area (TPSA) is 116 Å². The number of ether oxygens (including phenoxy) is 1. The molecule has 0 spiro atoms. The van der Waals surface area contributed by atoms with Gasteiger partial charge in [-0.05, 0) is 38.5 Å². The van der Waals surface area contributed by atoms with E-state index in [2.05, 4.69) is 5.32 Å². The quantitative estimate of drug-likeness (QED) is 0.606. The number of amides is 1. The van der Waals surface area contributed by atoms with E-state index in [4.69, 9.17) is 4.74 Å². The van der Waals surface area contributed by atoms with Gasteiger partial charge in [-0.1, -0.05) is 6.07 Å². The summed E-state index contributed by atoms with van der Waals surface area (Å²) in [5, 5.41) is 31.6. The summed E-state index contributed by atoms with van der Waals surface area (Å²) in [5.41, 5.74) is -0.411. The zero-order chi connectivity index (χ0) is 16.9. The highest BCUT2D eigenvalue weighted by atomic mass is 16.6. The van der Waals surface area contributed by atoms with Crippen LogP contribution in [0.15, 0.2) is 18.2 Å². The second kappa shape index (κ2) is 7.24. The SMILES string of the molecule is CC(C)(C)OC(=O)NCC(O)C(O)c1ccc(O)c(C=O)c1. The van der Waals surface area contributed by atoms with Crippen molar-refractivity contribution in [3.05, 3.63) is 29.3 Å². The molecule has 122 valence electrons. The fourth-order valence-corrected chi connectivity index (χ4v) is 1.69. The molecule has 1 rings (SSSR count). The molecule has 0 aliphatic rings. The van der Waals surface area contributed by atoms with Gasteiger partial charge in [-0.25, -0.2) is 4.79 Å². The molecule has 4 N–H and O–H groups in total. The van der Waals surface area contributed by atoms with Gasteiger partial charge in [-0.15, -0.1) is 0 Å². The van der Waals surface area contributed by atoms with E-state index in [1.54, 1.807) is 20.8 Å². The average molecular weight is 311 g/mol. The van der Waals surface area contributed by atoms with Crippen molar-refractivity contribution in [3.8, 4) is 5.75 Å². The summed E-state index contributed by atoms with van der Waals surface area (Å²) in [7, 11) is 0. The largest absolute Gasteiger partial charge is 0.507 e. The van der Waals surface area contributed by atoms with Crippen molar-refractivity contribution in [2.45, 2.75) is 38.6 Å². The molecule has 0 saturated carbocycles. The van der Waals surface area contributed by atoms with Gasteiger partial charge >= 0.3 is 6.09 Å². The van der Waals surface area contributed by atoms with E-state index >= 15 is 0 Å². The summed E-state index contributed by atoms with van der Waals surface area (Å²) in [5.74, 6) is -0.215. The number of hydrogen-bond donors (Lipinski definition) is 4. The number of hydrogen-bond acceptors (Lipinski definition) is 6. The molecule has 1 aromatic carbocycles. The third-order valence-corrected chi connectivity index (χ3v) is 2.74. The first-order chi connectivity index (χ1) is 10.1. The number of aldehydes is 1. The summed E-state index contributed by atoms with van der Waals surface area (Å²) < 4.78 is 5.00. The van der Waals surface area contributed by atoms with Gasteiger partial charge in [0.2, 0.25) is 0 Å². The van der Waals surface area contributed by atoms with Crippen LogP contribution in [0.4, 0.5) is 4.79 Å². The lowest BCUT2D eigenvalue weighted by Crippen LogP contribution is -2.38. The van der Waals surface area contributed by atoms with Crippen molar-refractivity contribution in [1.82, 2.24) is 5.32 Å². The average Bonchev–Trinajstić information content (AvgIpc) is 2.42. The molecule has 2 unspecified atom stereocenters. The maximum absolute atomic E-state index is 11.5. The smallest absolute Gasteiger partial charge is 0.407 e. The number of phenolic OH excluding ortho intramolecular Hbond substituents is 1. The maximum Gasteiger partial charge on any atom is 0.407 e. The number of aromatic hydroxyl groups is 1. The fraction of sp³-hybridized carbons (Fsp3) is 0.467.